The fraction of sp³-hybridized carbons (Fsp3) is 0.188. The summed E-state index contributed by atoms with van der Waals surface area (Å²) in [5.41, 5.74) is 1.30. The zero-order chi connectivity index (χ0) is 17.1. The predicted octanol–water partition coefficient (Wildman–Crippen LogP) is 3.66. The molecule has 0 unspecified atom stereocenters. The van der Waals surface area contributed by atoms with Crippen LogP contribution in [0.2, 0.25) is 0 Å². The molecule has 0 radical (unpaired) electrons. The van der Waals surface area contributed by atoms with Crippen molar-refractivity contribution in [3.63, 3.8) is 0 Å². The molecule has 0 saturated carbocycles. The summed E-state index contributed by atoms with van der Waals surface area (Å²) >= 11 is 2.93. The molecular formula is C16H15N3O3S2. The van der Waals surface area contributed by atoms with Gasteiger partial charge in [0.1, 0.15) is 5.76 Å². The van der Waals surface area contributed by atoms with Gasteiger partial charge in [-0.05, 0) is 25.1 Å². The Bertz CT molecular complexity index is 879. The molecular weight excluding hydrogens is 346 g/mol. The summed E-state index contributed by atoms with van der Waals surface area (Å²) in [5.74, 6) is 0.281. The Balaban J connectivity index is 1.68. The van der Waals surface area contributed by atoms with E-state index in [4.69, 9.17) is 4.42 Å². The van der Waals surface area contributed by atoms with E-state index in [1.807, 2.05) is 17.5 Å². The smallest absolute Gasteiger partial charge is 0.260 e. The van der Waals surface area contributed by atoms with Gasteiger partial charge in [0.2, 0.25) is 5.91 Å². The van der Waals surface area contributed by atoms with Crippen LogP contribution in [0.5, 0.6) is 0 Å². The van der Waals surface area contributed by atoms with Crippen LogP contribution in [0.4, 0.5) is 5.13 Å². The summed E-state index contributed by atoms with van der Waals surface area (Å²) in [6.45, 7) is 3.74. The largest absolute Gasteiger partial charge is 0.469 e. The highest BCUT2D eigenvalue weighted by Crippen LogP contribution is 2.31. The zero-order valence-corrected chi connectivity index (χ0v) is 14.7. The zero-order valence-electron chi connectivity index (χ0n) is 13.1. The number of aryl methyl sites for hydroxylation is 1. The summed E-state index contributed by atoms with van der Waals surface area (Å²) < 4.78 is 5.13. The monoisotopic (exact) mass is 361 g/mol. The van der Waals surface area contributed by atoms with Crippen LogP contribution in [0.1, 0.15) is 27.9 Å². The Morgan fingerprint density at radius 2 is 2.12 bits per heavy atom. The first kappa shape index (κ1) is 16.4. The third-order valence-corrected chi connectivity index (χ3v) is 5.12. The highest BCUT2D eigenvalue weighted by atomic mass is 32.1. The van der Waals surface area contributed by atoms with Crippen molar-refractivity contribution >= 4 is 39.6 Å². The summed E-state index contributed by atoms with van der Waals surface area (Å²) in [7, 11) is 0. The Kier molecular flexibility index (Phi) is 4.77. The Hall–Kier alpha value is -2.45. The Morgan fingerprint density at radius 1 is 1.29 bits per heavy atom. The maximum atomic E-state index is 12.2. The van der Waals surface area contributed by atoms with E-state index in [1.165, 1.54) is 24.5 Å². The molecule has 0 spiro atoms. The average Bonchev–Trinajstić information content (AvgIpc) is 3.24. The molecule has 24 heavy (non-hydrogen) atoms. The maximum absolute atomic E-state index is 12.2. The van der Waals surface area contributed by atoms with Gasteiger partial charge >= 0.3 is 0 Å². The first-order valence-electron chi connectivity index (χ1n) is 7.17. The van der Waals surface area contributed by atoms with E-state index in [0.29, 0.717) is 23.0 Å². The van der Waals surface area contributed by atoms with E-state index >= 15 is 0 Å². The van der Waals surface area contributed by atoms with Gasteiger partial charge in [-0.3, -0.25) is 14.9 Å². The number of nitrogens with one attached hydrogen (secondary N) is 2. The van der Waals surface area contributed by atoms with Gasteiger partial charge in [-0.1, -0.05) is 0 Å². The number of carbonyl (C=O) groups is 2. The van der Waals surface area contributed by atoms with Crippen LogP contribution < -0.4 is 10.6 Å². The van der Waals surface area contributed by atoms with Gasteiger partial charge in [0.05, 0.1) is 28.9 Å². The van der Waals surface area contributed by atoms with Crippen molar-refractivity contribution in [2.45, 2.75) is 20.4 Å². The molecule has 0 aliphatic carbocycles. The van der Waals surface area contributed by atoms with Crippen molar-refractivity contribution < 1.29 is 14.0 Å². The first-order chi connectivity index (χ1) is 11.5. The fourth-order valence-electron chi connectivity index (χ4n) is 2.05. The molecule has 8 heteroatoms. The average molecular weight is 361 g/mol. The normalized spacial score (nSPS) is 10.6. The summed E-state index contributed by atoms with van der Waals surface area (Å²) in [5, 5.41) is 7.97. The number of carbonyl (C=O) groups excluding carboxylic acids is 2. The molecule has 0 aliphatic rings. The molecule has 2 N–H and O–H groups in total. The summed E-state index contributed by atoms with van der Waals surface area (Å²) in [6.07, 6.45) is 1.49. The number of nitrogens with zero attached hydrogens (tertiary/aromatic N) is 1. The van der Waals surface area contributed by atoms with Crippen LogP contribution in [0.25, 0.3) is 10.6 Å². The highest BCUT2D eigenvalue weighted by Gasteiger charge is 2.14. The number of aromatic nitrogens is 1. The summed E-state index contributed by atoms with van der Waals surface area (Å²) in [6, 6.07) is 5.55. The number of hydrogen-bond donors (Lipinski definition) is 2. The second kappa shape index (κ2) is 6.98. The lowest BCUT2D eigenvalue weighted by atomic mass is 10.2. The molecule has 124 valence electrons. The number of thiazole rings is 1. The van der Waals surface area contributed by atoms with Gasteiger partial charge in [0, 0.05) is 17.2 Å². The third kappa shape index (κ3) is 3.72. The van der Waals surface area contributed by atoms with Crippen LogP contribution in [0.3, 0.4) is 0 Å². The van der Waals surface area contributed by atoms with Gasteiger partial charge in [-0.2, -0.15) is 0 Å². The summed E-state index contributed by atoms with van der Waals surface area (Å²) in [4.78, 5) is 29.6. The van der Waals surface area contributed by atoms with Crippen LogP contribution in [0.15, 0.2) is 34.3 Å². The van der Waals surface area contributed by atoms with Crippen molar-refractivity contribution in [2.75, 3.05) is 5.32 Å². The second-order valence-electron chi connectivity index (χ2n) is 5.06. The molecule has 3 aromatic rings. The molecule has 3 aromatic heterocycles. The van der Waals surface area contributed by atoms with Crippen LogP contribution in [0, 0.1) is 6.92 Å². The Morgan fingerprint density at radius 3 is 2.83 bits per heavy atom. The minimum absolute atomic E-state index is 0.0573. The SMILES string of the molecule is CC(=O)NCc1ccc(-c2csc(NC(=O)c3ccoc3C)n2)s1. The van der Waals surface area contributed by atoms with Crippen LogP contribution >= 0.6 is 22.7 Å². The van der Waals surface area contributed by atoms with Gasteiger partial charge in [0.15, 0.2) is 5.13 Å². The van der Waals surface area contributed by atoms with Gasteiger partial charge in [-0.25, -0.2) is 4.98 Å². The van der Waals surface area contributed by atoms with E-state index in [1.54, 1.807) is 24.3 Å². The van der Waals surface area contributed by atoms with Gasteiger partial charge < -0.3 is 9.73 Å². The fourth-order valence-corrected chi connectivity index (χ4v) is 3.74. The lowest BCUT2D eigenvalue weighted by Gasteiger charge is -1.99. The number of rotatable bonds is 5. The molecule has 0 aliphatic heterocycles. The standard InChI is InChI=1S/C16H15N3O3S2/c1-9-12(5-6-22-9)15(21)19-16-18-13(8-23-16)14-4-3-11(24-14)7-17-10(2)20/h3-6,8H,7H2,1-2H3,(H,17,20)(H,18,19,21). The number of anilines is 1. The molecule has 6 nitrogen and oxygen atoms in total. The molecule has 0 saturated heterocycles. The first-order valence-corrected chi connectivity index (χ1v) is 8.87. The van der Waals surface area contributed by atoms with Crippen LogP contribution in [-0.4, -0.2) is 16.8 Å². The van der Waals surface area contributed by atoms with Crippen molar-refractivity contribution in [1.29, 1.82) is 0 Å². The van der Waals surface area contributed by atoms with Crippen molar-refractivity contribution in [2.24, 2.45) is 0 Å². The molecule has 0 atom stereocenters. The van der Waals surface area contributed by atoms with E-state index in [9.17, 15) is 9.59 Å². The van der Waals surface area contributed by atoms with Crippen molar-refractivity contribution in [3.8, 4) is 10.6 Å². The van der Waals surface area contributed by atoms with E-state index in [2.05, 4.69) is 15.6 Å². The van der Waals surface area contributed by atoms with Crippen molar-refractivity contribution in [1.82, 2.24) is 10.3 Å². The molecule has 0 fully saturated rings. The second-order valence-corrected chi connectivity index (χ2v) is 7.08. The Labute approximate surface area is 146 Å². The lowest BCUT2D eigenvalue weighted by Crippen LogP contribution is -2.17. The number of hydrogen-bond acceptors (Lipinski definition) is 6. The minimum Gasteiger partial charge on any atom is -0.469 e. The third-order valence-electron chi connectivity index (χ3n) is 3.25. The number of amides is 2. The molecule has 0 aromatic carbocycles. The predicted molar refractivity (Wildman–Crippen MR) is 94.3 cm³/mol. The van der Waals surface area contributed by atoms with E-state index in [-0.39, 0.29) is 11.8 Å². The van der Waals surface area contributed by atoms with Gasteiger partial charge in [0.25, 0.3) is 5.91 Å². The molecule has 3 heterocycles. The van der Waals surface area contributed by atoms with E-state index < -0.39 is 0 Å². The van der Waals surface area contributed by atoms with E-state index in [0.717, 1.165) is 15.4 Å². The van der Waals surface area contributed by atoms with Crippen molar-refractivity contribution in [3.05, 3.63) is 46.0 Å². The molecule has 2 amide bonds. The highest BCUT2D eigenvalue weighted by molar-refractivity contribution is 7.17. The molecule has 3 rings (SSSR count). The number of furan rings is 1. The molecule has 0 bridgehead atoms. The quantitative estimate of drug-likeness (QED) is 0.726. The topological polar surface area (TPSA) is 84.2 Å². The lowest BCUT2D eigenvalue weighted by molar-refractivity contribution is -0.119. The maximum Gasteiger partial charge on any atom is 0.260 e. The number of thiophene rings is 1. The minimum atomic E-state index is -0.236. The van der Waals surface area contributed by atoms with Crippen LogP contribution in [-0.2, 0) is 11.3 Å². The van der Waals surface area contributed by atoms with Gasteiger partial charge in [-0.15, -0.1) is 22.7 Å².